The van der Waals surface area contributed by atoms with Gasteiger partial charge in [-0.15, -0.1) is 0 Å². The second-order valence-electron chi connectivity index (χ2n) is 4.24. The Morgan fingerprint density at radius 2 is 2.10 bits per heavy atom. The fraction of sp³-hybridized carbons (Fsp3) is 0.429. The van der Waals surface area contributed by atoms with E-state index in [9.17, 15) is 9.59 Å². The normalized spacial score (nSPS) is 10.2. The Bertz CT molecular complexity index is 477. The summed E-state index contributed by atoms with van der Waals surface area (Å²) in [6.07, 6.45) is 0.268. The van der Waals surface area contributed by atoms with Crippen LogP contribution in [0.25, 0.3) is 0 Å². The number of carbonyl (C=O) groups excluding carboxylic acids is 2. The van der Waals surface area contributed by atoms with Crippen molar-refractivity contribution in [3.63, 3.8) is 0 Å². The van der Waals surface area contributed by atoms with E-state index in [1.54, 1.807) is 6.92 Å². The number of benzene rings is 1. The lowest BCUT2D eigenvalue weighted by molar-refractivity contribution is -0.143. The van der Waals surface area contributed by atoms with E-state index >= 15 is 0 Å². The molecule has 5 nitrogen and oxygen atoms in total. The average Bonchev–Trinajstić information content (AvgIpc) is 2.38. The zero-order valence-electron chi connectivity index (χ0n) is 11.7. The standard InChI is InChI=1S/C14H19IN2O3/c1-3-20-14(19)6-7-16-9-13(18)17-12-5-4-11(15)8-10(12)2/h4-5,8,16H,3,6-7,9H2,1-2H3,(H,17,18). The predicted molar refractivity (Wildman–Crippen MR) is 86.6 cm³/mol. The van der Waals surface area contributed by atoms with Crippen LogP contribution in [0, 0.1) is 10.5 Å². The molecule has 0 aliphatic carbocycles. The molecule has 0 spiro atoms. The second-order valence-corrected chi connectivity index (χ2v) is 5.48. The maximum Gasteiger partial charge on any atom is 0.307 e. The molecule has 0 atom stereocenters. The first-order chi connectivity index (χ1) is 9.52. The van der Waals surface area contributed by atoms with Gasteiger partial charge in [0, 0.05) is 15.8 Å². The van der Waals surface area contributed by atoms with E-state index in [0.717, 1.165) is 14.8 Å². The van der Waals surface area contributed by atoms with Gasteiger partial charge in [-0.25, -0.2) is 0 Å². The Hall–Kier alpha value is -1.15. The van der Waals surface area contributed by atoms with Crippen molar-refractivity contribution in [2.75, 3.05) is 25.0 Å². The molecule has 0 heterocycles. The van der Waals surface area contributed by atoms with Gasteiger partial charge in [0.05, 0.1) is 19.6 Å². The van der Waals surface area contributed by atoms with Crippen LogP contribution in [-0.4, -0.2) is 31.6 Å². The zero-order chi connectivity index (χ0) is 15.0. The van der Waals surface area contributed by atoms with E-state index < -0.39 is 0 Å². The SMILES string of the molecule is CCOC(=O)CCNCC(=O)Nc1ccc(I)cc1C. The van der Waals surface area contributed by atoms with Crippen molar-refractivity contribution in [3.8, 4) is 0 Å². The van der Waals surface area contributed by atoms with E-state index in [0.29, 0.717) is 13.2 Å². The Balaban J connectivity index is 2.28. The summed E-state index contributed by atoms with van der Waals surface area (Å²) in [5, 5.41) is 5.74. The monoisotopic (exact) mass is 390 g/mol. The average molecular weight is 390 g/mol. The number of anilines is 1. The van der Waals surface area contributed by atoms with Crippen LogP contribution < -0.4 is 10.6 Å². The van der Waals surface area contributed by atoms with E-state index in [1.165, 1.54) is 0 Å². The Morgan fingerprint density at radius 1 is 1.35 bits per heavy atom. The fourth-order valence-corrected chi connectivity index (χ4v) is 2.23. The summed E-state index contributed by atoms with van der Waals surface area (Å²) in [4.78, 5) is 22.8. The van der Waals surface area contributed by atoms with Gasteiger partial charge in [-0.2, -0.15) is 0 Å². The van der Waals surface area contributed by atoms with E-state index in [2.05, 4.69) is 33.2 Å². The molecule has 0 fully saturated rings. The molecule has 0 aliphatic heterocycles. The molecule has 0 aliphatic rings. The summed E-state index contributed by atoms with van der Waals surface area (Å²) in [5.74, 6) is -0.382. The third-order valence-electron chi connectivity index (χ3n) is 2.56. The van der Waals surface area contributed by atoms with Crippen molar-refractivity contribution in [1.82, 2.24) is 5.32 Å². The number of nitrogens with one attached hydrogen (secondary N) is 2. The van der Waals surface area contributed by atoms with E-state index in [1.807, 2.05) is 25.1 Å². The molecule has 1 aromatic rings. The number of esters is 1. The highest BCUT2D eigenvalue weighted by atomic mass is 127. The van der Waals surface area contributed by atoms with Gasteiger partial charge >= 0.3 is 5.97 Å². The fourth-order valence-electron chi connectivity index (χ4n) is 1.59. The molecule has 20 heavy (non-hydrogen) atoms. The van der Waals surface area contributed by atoms with Crippen LogP contribution in [0.15, 0.2) is 18.2 Å². The predicted octanol–water partition coefficient (Wildman–Crippen LogP) is 2.08. The molecule has 1 rings (SSSR count). The molecule has 0 bridgehead atoms. The third kappa shape index (κ3) is 6.33. The summed E-state index contributed by atoms with van der Waals surface area (Å²) in [5.41, 5.74) is 1.83. The number of hydrogen-bond acceptors (Lipinski definition) is 4. The molecule has 0 radical (unpaired) electrons. The highest BCUT2D eigenvalue weighted by Crippen LogP contribution is 2.17. The van der Waals surface area contributed by atoms with Crippen LogP contribution in [0.4, 0.5) is 5.69 Å². The maximum atomic E-state index is 11.7. The Kier molecular flexibility index (Phi) is 7.53. The Morgan fingerprint density at radius 3 is 2.75 bits per heavy atom. The maximum absolute atomic E-state index is 11.7. The quantitative estimate of drug-likeness (QED) is 0.425. The van der Waals surface area contributed by atoms with Gasteiger partial charge in [-0.05, 0) is 60.2 Å². The number of ether oxygens (including phenoxy) is 1. The molecular weight excluding hydrogens is 371 g/mol. The molecule has 0 unspecified atom stereocenters. The highest BCUT2D eigenvalue weighted by Gasteiger charge is 2.06. The molecule has 1 amide bonds. The first kappa shape index (κ1) is 16.9. The largest absolute Gasteiger partial charge is 0.466 e. The number of amides is 1. The van der Waals surface area contributed by atoms with Crippen LogP contribution in [0.2, 0.25) is 0 Å². The number of rotatable bonds is 7. The number of aryl methyl sites for hydroxylation is 1. The Labute approximate surface area is 132 Å². The molecule has 2 N–H and O–H groups in total. The van der Waals surface area contributed by atoms with Crippen molar-refractivity contribution >= 4 is 40.2 Å². The number of carbonyl (C=O) groups is 2. The van der Waals surface area contributed by atoms with E-state index in [-0.39, 0.29) is 24.8 Å². The minimum Gasteiger partial charge on any atom is -0.466 e. The smallest absolute Gasteiger partial charge is 0.307 e. The van der Waals surface area contributed by atoms with Crippen LogP contribution >= 0.6 is 22.6 Å². The third-order valence-corrected chi connectivity index (χ3v) is 3.23. The lowest BCUT2D eigenvalue weighted by Gasteiger charge is -2.09. The van der Waals surface area contributed by atoms with Gasteiger partial charge in [0.15, 0.2) is 0 Å². The van der Waals surface area contributed by atoms with Crippen molar-refractivity contribution in [2.24, 2.45) is 0 Å². The first-order valence-corrected chi connectivity index (χ1v) is 7.53. The molecule has 1 aromatic carbocycles. The van der Waals surface area contributed by atoms with Crippen molar-refractivity contribution in [2.45, 2.75) is 20.3 Å². The molecule has 110 valence electrons. The molecule has 0 saturated carbocycles. The van der Waals surface area contributed by atoms with Gasteiger partial charge in [-0.3, -0.25) is 9.59 Å². The summed E-state index contributed by atoms with van der Waals surface area (Å²) in [6.45, 7) is 4.70. The second kappa shape index (κ2) is 8.91. The lowest BCUT2D eigenvalue weighted by atomic mass is 10.2. The molecular formula is C14H19IN2O3. The minimum absolute atomic E-state index is 0.127. The summed E-state index contributed by atoms with van der Waals surface area (Å²) < 4.78 is 5.92. The minimum atomic E-state index is -0.256. The number of halogens is 1. The lowest BCUT2D eigenvalue weighted by Crippen LogP contribution is -2.30. The first-order valence-electron chi connectivity index (χ1n) is 6.45. The summed E-state index contributed by atoms with van der Waals surface area (Å²) >= 11 is 2.23. The number of hydrogen-bond donors (Lipinski definition) is 2. The topological polar surface area (TPSA) is 67.4 Å². The van der Waals surface area contributed by atoms with Gasteiger partial charge < -0.3 is 15.4 Å². The van der Waals surface area contributed by atoms with Gasteiger partial charge in [0.1, 0.15) is 0 Å². The van der Waals surface area contributed by atoms with Gasteiger partial charge in [-0.1, -0.05) is 0 Å². The van der Waals surface area contributed by atoms with Crippen LogP contribution in [0.5, 0.6) is 0 Å². The van der Waals surface area contributed by atoms with Crippen molar-refractivity contribution in [1.29, 1.82) is 0 Å². The van der Waals surface area contributed by atoms with Gasteiger partial charge in [0.25, 0.3) is 0 Å². The van der Waals surface area contributed by atoms with E-state index in [4.69, 9.17) is 4.74 Å². The zero-order valence-corrected chi connectivity index (χ0v) is 13.8. The van der Waals surface area contributed by atoms with Gasteiger partial charge in [0.2, 0.25) is 5.91 Å². The summed E-state index contributed by atoms with van der Waals surface area (Å²) in [7, 11) is 0. The van der Waals surface area contributed by atoms with Crippen LogP contribution in [-0.2, 0) is 14.3 Å². The van der Waals surface area contributed by atoms with Crippen LogP contribution in [0.1, 0.15) is 18.9 Å². The molecule has 0 saturated heterocycles. The summed E-state index contributed by atoms with van der Waals surface area (Å²) in [6, 6.07) is 5.83. The van der Waals surface area contributed by atoms with Crippen LogP contribution in [0.3, 0.4) is 0 Å². The molecule has 6 heteroatoms. The van der Waals surface area contributed by atoms with Crippen molar-refractivity contribution < 1.29 is 14.3 Å². The highest BCUT2D eigenvalue weighted by molar-refractivity contribution is 14.1. The molecule has 0 aromatic heterocycles. The van der Waals surface area contributed by atoms with Crippen molar-refractivity contribution in [3.05, 3.63) is 27.3 Å².